The number of aromatic nitrogens is 4. The van der Waals surface area contributed by atoms with Crippen molar-refractivity contribution in [3.8, 4) is 0 Å². The molecule has 1 atom stereocenters. The summed E-state index contributed by atoms with van der Waals surface area (Å²) < 4.78 is 7.32. The SMILES string of the molecule is Cc1nc(N2CCC[C@]3(CC2)CNC(=O)O3)c2cnn(C)c2n1. The van der Waals surface area contributed by atoms with Crippen LogP contribution < -0.4 is 10.2 Å². The van der Waals surface area contributed by atoms with Crippen LogP contribution in [0.15, 0.2) is 6.20 Å². The summed E-state index contributed by atoms with van der Waals surface area (Å²) in [5, 5.41) is 8.06. The Labute approximate surface area is 133 Å². The Kier molecular flexibility index (Phi) is 3.14. The Balaban J connectivity index is 1.65. The Hall–Kier alpha value is -2.38. The maximum absolute atomic E-state index is 11.4. The van der Waals surface area contributed by atoms with E-state index in [0.717, 1.165) is 55.0 Å². The van der Waals surface area contributed by atoms with E-state index in [1.807, 2.05) is 20.2 Å². The van der Waals surface area contributed by atoms with Crippen molar-refractivity contribution in [2.75, 3.05) is 24.5 Å². The van der Waals surface area contributed by atoms with Crippen LogP contribution in [0.5, 0.6) is 0 Å². The molecule has 1 amide bonds. The van der Waals surface area contributed by atoms with Gasteiger partial charge in [0, 0.05) is 26.6 Å². The van der Waals surface area contributed by atoms with E-state index < -0.39 is 0 Å². The normalized spacial score (nSPS) is 24.8. The van der Waals surface area contributed by atoms with E-state index >= 15 is 0 Å². The average Bonchev–Trinajstić information content (AvgIpc) is 2.99. The predicted molar refractivity (Wildman–Crippen MR) is 84.3 cm³/mol. The summed E-state index contributed by atoms with van der Waals surface area (Å²) in [7, 11) is 1.89. The van der Waals surface area contributed by atoms with Crippen LogP contribution in [0.3, 0.4) is 0 Å². The van der Waals surface area contributed by atoms with Crippen LogP contribution in [0, 0.1) is 6.92 Å². The van der Waals surface area contributed by atoms with E-state index in [4.69, 9.17) is 4.74 Å². The second-order valence-corrected chi connectivity index (χ2v) is 6.37. The van der Waals surface area contributed by atoms with Crippen molar-refractivity contribution in [1.29, 1.82) is 0 Å². The summed E-state index contributed by atoms with van der Waals surface area (Å²) in [5.74, 6) is 1.67. The monoisotopic (exact) mass is 316 g/mol. The molecule has 0 bridgehead atoms. The van der Waals surface area contributed by atoms with Gasteiger partial charge < -0.3 is 15.0 Å². The minimum Gasteiger partial charge on any atom is -0.441 e. The zero-order valence-corrected chi connectivity index (χ0v) is 13.4. The lowest BCUT2D eigenvalue weighted by Gasteiger charge is -2.25. The Morgan fingerprint density at radius 1 is 1.30 bits per heavy atom. The van der Waals surface area contributed by atoms with Gasteiger partial charge in [0.1, 0.15) is 17.2 Å². The molecule has 2 aromatic heterocycles. The van der Waals surface area contributed by atoms with E-state index in [-0.39, 0.29) is 11.7 Å². The average molecular weight is 316 g/mol. The first kappa shape index (κ1) is 14.2. The van der Waals surface area contributed by atoms with E-state index in [1.165, 1.54) is 0 Å². The summed E-state index contributed by atoms with van der Waals surface area (Å²) in [4.78, 5) is 22.8. The fourth-order valence-corrected chi connectivity index (χ4v) is 3.51. The fraction of sp³-hybridized carbons (Fsp3) is 0.600. The molecule has 8 nitrogen and oxygen atoms in total. The highest BCUT2D eigenvalue weighted by molar-refractivity contribution is 5.87. The molecule has 0 radical (unpaired) electrons. The minimum absolute atomic E-state index is 0.300. The molecule has 8 heteroatoms. The molecular weight excluding hydrogens is 296 g/mol. The van der Waals surface area contributed by atoms with Crippen molar-refractivity contribution < 1.29 is 9.53 Å². The lowest BCUT2D eigenvalue weighted by molar-refractivity contribution is 0.0473. The number of rotatable bonds is 1. The number of amides is 1. The molecular formula is C15H20N6O2. The lowest BCUT2D eigenvalue weighted by Crippen LogP contribution is -2.35. The number of nitrogens with one attached hydrogen (secondary N) is 1. The third kappa shape index (κ3) is 2.38. The molecule has 0 saturated carbocycles. The number of hydrogen-bond acceptors (Lipinski definition) is 6. The molecule has 2 saturated heterocycles. The highest BCUT2D eigenvalue weighted by atomic mass is 16.6. The number of carbonyl (C=O) groups excluding carboxylic acids is 1. The maximum atomic E-state index is 11.4. The molecule has 0 unspecified atom stereocenters. The standard InChI is InChI=1S/C15H20N6O2/c1-10-18-12-11(8-17-20(12)2)13(19-10)21-6-3-4-15(5-7-21)9-16-14(22)23-15/h8H,3-7,9H2,1-2H3,(H,16,22)/t15-/m0/s1. The van der Waals surface area contributed by atoms with Gasteiger partial charge in [-0.3, -0.25) is 4.68 Å². The number of ether oxygens (including phenoxy) is 1. The molecule has 4 heterocycles. The molecule has 1 spiro atoms. The first-order valence-corrected chi connectivity index (χ1v) is 7.94. The molecule has 2 aromatic rings. The van der Waals surface area contributed by atoms with E-state index in [0.29, 0.717) is 6.54 Å². The van der Waals surface area contributed by atoms with Gasteiger partial charge in [-0.15, -0.1) is 0 Å². The van der Waals surface area contributed by atoms with Crippen LogP contribution in [0.25, 0.3) is 11.0 Å². The zero-order chi connectivity index (χ0) is 16.0. The van der Waals surface area contributed by atoms with Crippen LogP contribution in [-0.4, -0.2) is 51.1 Å². The summed E-state index contributed by atoms with van der Waals surface area (Å²) >= 11 is 0. The van der Waals surface area contributed by atoms with Crippen LogP contribution in [0.4, 0.5) is 10.6 Å². The van der Waals surface area contributed by atoms with E-state index in [1.54, 1.807) is 4.68 Å². The van der Waals surface area contributed by atoms with Crippen molar-refractivity contribution >= 4 is 22.9 Å². The largest absolute Gasteiger partial charge is 0.441 e. The number of carbonyl (C=O) groups is 1. The smallest absolute Gasteiger partial charge is 0.407 e. The summed E-state index contributed by atoms with van der Waals surface area (Å²) in [6, 6.07) is 0. The predicted octanol–water partition coefficient (Wildman–Crippen LogP) is 1.14. The van der Waals surface area contributed by atoms with Gasteiger partial charge in [-0.05, 0) is 19.8 Å². The topological polar surface area (TPSA) is 85.2 Å². The lowest BCUT2D eigenvalue weighted by atomic mass is 9.95. The van der Waals surface area contributed by atoms with Crippen LogP contribution in [0.1, 0.15) is 25.1 Å². The van der Waals surface area contributed by atoms with E-state index in [2.05, 4.69) is 25.3 Å². The Bertz CT molecular complexity index is 773. The number of nitrogens with zero attached hydrogens (tertiary/aromatic N) is 5. The van der Waals surface area contributed by atoms with Crippen LogP contribution >= 0.6 is 0 Å². The van der Waals surface area contributed by atoms with Gasteiger partial charge in [0.2, 0.25) is 0 Å². The molecule has 0 aromatic carbocycles. The van der Waals surface area contributed by atoms with Gasteiger partial charge in [-0.2, -0.15) is 5.10 Å². The number of aryl methyl sites for hydroxylation is 2. The first-order valence-electron chi connectivity index (χ1n) is 7.94. The first-order chi connectivity index (χ1) is 11.1. The minimum atomic E-state index is -0.359. The molecule has 2 aliphatic heterocycles. The fourth-order valence-electron chi connectivity index (χ4n) is 3.51. The van der Waals surface area contributed by atoms with Gasteiger partial charge in [0.15, 0.2) is 5.65 Å². The van der Waals surface area contributed by atoms with Crippen molar-refractivity contribution in [3.05, 3.63) is 12.0 Å². The molecule has 23 heavy (non-hydrogen) atoms. The van der Waals surface area contributed by atoms with Crippen LogP contribution in [-0.2, 0) is 11.8 Å². The van der Waals surface area contributed by atoms with Gasteiger partial charge in [0.25, 0.3) is 0 Å². The quantitative estimate of drug-likeness (QED) is 0.849. The molecule has 1 N–H and O–H groups in total. The van der Waals surface area contributed by atoms with Gasteiger partial charge >= 0.3 is 6.09 Å². The third-order valence-corrected chi connectivity index (χ3v) is 4.75. The van der Waals surface area contributed by atoms with Gasteiger partial charge in [-0.25, -0.2) is 14.8 Å². The highest BCUT2D eigenvalue weighted by Gasteiger charge is 2.41. The number of alkyl carbamates (subject to hydrolysis) is 1. The summed E-state index contributed by atoms with van der Waals surface area (Å²) in [5.41, 5.74) is 0.488. The summed E-state index contributed by atoms with van der Waals surface area (Å²) in [6.45, 7) is 4.19. The van der Waals surface area contributed by atoms with Crippen molar-refractivity contribution in [3.63, 3.8) is 0 Å². The Morgan fingerprint density at radius 2 is 2.17 bits per heavy atom. The van der Waals surface area contributed by atoms with Gasteiger partial charge in [0.05, 0.1) is 18.1 Å². The highest BCUT2D eigenvalue weighted by Crippen LogP contribution is 2.32. The molecule has 2 aliphatic rings. The van der Waals surface area contributed by atoms with Crippen molar-refractivity contribution in [2.24, 2.45) is 7.05 Å². The van der Waals surface area contributed by atoms with Crippen LogP contribution in [0.2, 0.25) is 0 Å². The molecule has 4 rings (SSSR count). The number of anilines is 1. The van der Waals surface area contributed by atoms with Crippen molar-refractivity contribution in [1.82, 2.24) is 25.1 Å². The number of hydrogen-bond donors (Lipinski definition) is 1. The van der Waals surface area contributed by atoms with E-state index in [9.17, 15) is 4.79 Å². The summed E-state index contributed by atoms with van der Waals surface area (Å²) in [6.07, 6.45) is 4.16. The van der Waals surface area contributed by atoms with Crippen molar-refractivity contribution in [2.45, 2.75) is 31.8 Å². The molecule has 0 aliphatic carbocycles. The second kappa shape index (κ2) is 5.07. The number of fused-ring (bicyclic) bond motifs is 1. The third-order valence-electron chi connectivity index (χ3n) is 4.75. The zero-order valence-electron chi connectivity index (χ0n) is 13.4. The maximum Gasteiger partial charge on any atom is 0.407 e. The Morgan fingerprint density at radius 3 is 2.96 bits per heavy atom. The molecule has 2 fully saturated rings. The second-order valence-electron chi connectivity index (χ2n) is 6.37. The van der Waals surface area contributed by atoms with Gasteiger partial charge in [-0.1, -0.05) is 0 Å². The molecule has 122 valence electrons.